The first kappa shape index (κ1) is 18.2. The fourth-order valence-corrected chi connectivity index (χ4v) is 3.15. The molecule has 0 fully saturated rings. The third kappa shape index (κ3) is 3.66. The summed E-state index contributed by atoms with van der Waals surface area (Å²) in [5, 5.41) is 7.64. The van der Waals surface area contributed by atoms with Crippen LogP contribution in [0.4, 0.5) is 0 Å². The summed E-state index contributed by atoms with van der Waals surface area (Å²) in [6, 6.07) is 13.1. The van der Waals surface area contributed by atoms with Crippen LogP contribution in [0.2, 0.25) is 5.15 Å². The van der Waals surface area contributed by atoms with Crippen LogP contribution >= 0.6 is 11.6 Å². The number of benzene rings is 1. The predicted molar refractivity (Wildman–Crippen MR) is 101 cm³/mol. The Balaban J connectivity index is 1.79. The summed E-state index contributed by atoms with van der Waals surface area (Å²) in [6.07, 6.45) is 1.62. The fourth-order valence-electron chi connectivity index (χ4n) is 2.79. The van der Waals surface area contributed by atoms with Gasteiger partial charge in [-0.3, -0.25) is 9.69 Å². The van der Waals surface area contributed by atoms with Gasteiger partial charge in [-0.1, -0.05) is 29.8 Å². The second kappa shape index (κ2) is 7.76. The van der Waals surface area contributed by atoms with Crippen LogP contribution in [0.15, 0.2) is 53.1 Å². The number of aromatic nitrogens is 2. The Morgan fingerprint density at radius 2 is 2.00 bits per heavy atom. The summed E-state index contributed by atoms with van der Waals surface area (Å²) in [5.41, 5.74) is 1.77. The molecule has 0 aliphatic heterocycles. The number of nitrogens with one attached hydrogen (secondary N) is 1. The molecular formula is C19H21ClN4O2. The van der Waals surface area contributed by atoms with E-state index in [1.54, 1.807) is 17.9 Å². The minimum absolute atomic E-state index is 0.0720. The lowest BCUT2D eigenvalue weighted by atomic mass is 10.2. The normalized spacial score (nSPS) is 12.3. The predicted octanol–water partition coefficient (Wildman–Crippen LogP) is 3.46. The van der Waals surface area contributed by atoms with E-state index in [1.165, 1.54) is 0 Å². The first-order valence-electron chi connectivity index (χ1n) is 8.27. The zero-order valence-corrected chi connectivity index (χ0v) is 15.7. The number of likely N-dealkylation sites (N-methyl/N-ethyl adjacent to an activating group) is 1. The molecule has 0 spiro atoms. The number of furan rings is 1. The number of amides is 1. The maximum absolute atomic E-state index is 12.7. The van der Waals surface area contributed by atoms with Gasteiger partial charge in [0.1, 0.15) is 10.9 Å². The molecule has 1 amide bonds. The molecule has 3 aromatic rings. The molecule has 0 saturated carbocycles. The average Bonchev–Trinajstić information content (AvgIpc) is 3.24. The molecular weight excluding hydrogens is 352 g/mol. The molecule has 1 N–H and O–H groups in total. The topological polar surface area (TPSA) is 63.3 Å². The lowest BCUT2D eigenvalue weighted by molar-refractivity contribution is 0.0938. The highest BCUT2D eigenvalue weighted by molar-refractivity contribution is 6.33. The molecule has 1 unspecified atom stereocenters. The summed E-state index contributed by atoms with van der Waals surface area (Å²) < 4.78 is 7.04. The van der Waals surface area contributed by atoms with Gasteiger partial charge in [0.05, 0.1) is 29.2 Å². The minimum atomic E-state index is -0.256. The molecule has 0 saturated heterocycles. The third-order valence-corrected chi connectivity index (χ3v) is 4.53. The highest BCUT2D eigenvalue weighted by Crippen LogP contribution is 2.24. The summed E-state index contributed by atoms with van der Waals surface area (Å²) >= 11 is 6.45. The number of nitrogens with zero attached hydrogens (tertiary/aromatic N) is 3. The molecule has 2 heterocycles. The van der Waals surface area contributed by atoms with Crippen LogP contribution in [0.3, 0.4) is 0 Å². The number of halogens is 1. The van der Waals surface area contributed by atoms with Crippen LogP contribution in [-0.4, -0.2) is 41.2 Å². The molecule has 1 atom stereocenters. The second-order valence-corrected chi connectivity index (χ2v) is 6.56. The van der Waals surface area contributed by atoms with Crippen molar-refractivity contribution in [1.82, 2.24) is 20.0 Å². The van der Waals surface area contributed by atoms with Crippen molar-refractivity contribution in [2.45, 2.75) is 13.0 Å². The van der Waals surface area contributed by atoms with Crippen molar-refractivity contribution in [2.75, 3.05) is 20.6 Å². The van der Waals surface area contributed by atoms with E-state index in [-0.39, 0.29) is 11.9 Å². The van der Waals surface area contributed by atoms with Gasteiger partial charge < -0.3 is 9.73 Å². The zero-order chi connectivity index (χ0) is 18.7. The molecule has 7 heteroatoms. The Morgan fingerprint density at radius 3 is 2.62 bits per heavy atom. The first-order chi connectivity index (χ1) is 12.5. The standard InChI is InChI=1S/C19H21ClN4O2/c1-13-17(18(20)24(22-13)14-8-5-4-6-9-14)19(25)21-12-15(23(2)3)16-10-7-11-26-16/h4-11,15H,12H2,1-3H3,(H,21,25). The van der Waals surface area contributed by atoms with Gasteiger partial charge in [0.15, 0.2) is 0 Å². The molecule has 136 valence electrons. The number of rotatable bonds is 6. The summed E-state index contributed by atoms with van der Waals surface area (Å²) in [6.45, 7) is 2.17. The zero-order valence-electron chi connectivity index (χ0n) is 14.9. The van der Waals surface area contributed by atoms with E-state index < -0.39 is 0 Å². The second-order valence-electron chi connectivity index (χ2n) is 6.20. The number of carbonyl (C=O) groups excluding carboxylic acids is 1. The van der Waals surface area contributed by atoms with Crippen molar-refractivity contribution in [3.05, 3.63) is 70.9 Å². The molecule has 1 aromatic carbocycles. The molecule has 0 aliphatic rings. The van der Waals surface area contributed by atoms with E-state index in [9.17, 15) is 4.79 Å². The van der Waals surface area contributed by atoms with Crippen molar-refractivity contribution in [2.24, 2.45) is 0 Å². The Bertz CT molecular complexity index is 873. The van der Waals surface area contributed by atoms with Gasteiger partial charge in [0.2, 0.25) is 0 Å². The van der Waals surface area contributed by atoms with E-state index in [0.29, 0.717) is 23.0 Å². The maximum Gasteiger partial charge on any atom is 0.256 e. The van der Waals surface area contributed by atoms with Crippen molar-refractivity contribution in [1.29, 1.82) is 0 Å². The van der Waals surface area contributed by atoms with Crippen molar-refractivity contribution in [3.8, 4) is 5.69 Å². The van der Waals surface area contributed by atoms with Crippen molar-refractivity contribution < 1.29 is 9.21 Å². The Labute approximate surface area is 157 Å². The van der Waals surface area contributed by atoms with Crippen LogP contribution in [0.5, 0.6) is 0 Å². The van der Waals surface area contributed by atoms with E-state index in [1.807, 2.05) is 61.5 Å². The molecule has 0 aliphatic carbocycles. The van der Waals surface area contributed by atoms with Gasteiger partial charge >= 0.3 is 0 Å². The molecule has 0 bridgehead atoms. The number of para-hydroxylation sites is 1. The highest BCUT2D eigenvalue weighted by atomic mass is 35.5. The van der Waals surface area contributed by atoms with Gasteiger partial charge in [-0.05, 0) is 45.3 Å². The van der Waals surface area contributed by atoms with Gasteiger partial charge in [0, 0.05) is 6.54 Å². The fraction of sp³-hybridized carbons (Fsp3) is 0.263. The molecule has 6 nitrogen and oxygen atoms in total. The van der Waals surface area contributed by atoms with Crippen molar-refractivity contribution in [3.63, 3.8) is 0 Å². The largest absolute Gasteiger partial charge is 0.468 e. The number of aryl methyl sites for hydroxylation is 1. The van der Waals surface area contributed by atoms with Crippen LogP contribution < -0.4 is 5.32 Å². The quantitative estimate of drug-likeness (QED) is 0.719. The van der Waals surface area contributed by atoms with E-state index in [4.69, 9.17) is 16.0 Å². The average molecular weight is 373 g/mol. The maximum atomic E-state index is 12.7. The van der Waals surface area contributed by atoms with E-state index in [0.717, 1.165) is 11.4 Å². The summed E-state index contributed by atoms with van der Waals surface area (Å²) in [5.74, 6) is 0.534. The minimum Gasteiger partial charge on any atom is -0.468 e. The molecule has 2 aromatic heterocycles. The Morgan fingerprint density at radius 1 is 1.27 bits per heavy atom. The first-order valence-corrected chi connectivity index (χ1v) is 8.65. The smallest absolute Gasteiger partial charge is 0.256 e. The van der Waals surface area contributed by atoms with Crippen LogP contribution in [0, 0.1) is 6.92 Å². The SMILES string of the molecule is Cc1nn(-c2ccccc2)c(Cl)c1C(=O)NCC(c1ccco1)N(C)C. The van der Waals surface area contributed by atoms with Crippen LogP contribution in [-0.2, 0) is 0 Å². The Hall–Kier alpha value is -2.57. The van der Waals surface area contributed by atoms with Gasteiger partial charge in [-0.2, -0.15) is 5.10 Å². The van der Waals surface area contributed by atoms with E-state index in [2.05, 4.69) is 10.4 Å². The van der Waals surface area contributed by atoms with Gasteiger partial charge in [0.25, 0.3) is 5.91 Å². The number of hydrogen-bond acceptors (Lipinski definition) is 4. The van der Waals surface area contributed by atoms with E-state index >= 15 is 0 Å². The summed E-state index contributed by atoms with van der Waals surface area (Å²) in [7, 11) is 3.87. The monoisotopic (exact) mass is 372 g/mol. The molecule has 3 rings (SSSR count). The van der Waals surface area contributed by atoms with Crippen molar-refractivity contribution >= 4 is 17.5 Å². The lowest BCUT2D eigenvalue weighted by Gasteiger charge is -2.22. The highest BCUT2D eigenvalue weighted by Gasteiger charge is 2.23. The molecule has 0 radical (unpaired) electrons. The third-order valence-electron chi connectivity index (χ3n) is 4.18. The van der Waals surface area contributed by atoms with Crippen LogP contribution in [0.1, 0.15) is 27.9 Å². The summed E-state index contributed by atoms with van der Waals surface area (Å²) in [4.78, 5) is 14.7. The Kier molecular flexibility index (Phi) is 5.44. The lowest BCUT2D eigenvalue weighted by Crippen LogP contribution is -2.34. The van der Waals surface area contributed by atoms with Crippen LogP contribution in [0.25, 0.3) is 5.69 Å². The van der Waals surface area contributed by atoms with Gasteiger partial charge in [-0.25, -0.2) is 4.68 Å². The number of carbonyl (C=O) groups is 1. The molecule has 26 heavy (non-hydrogen) atoms. The van der Waals surface area contributed by atoms with Gasteiger partial charge in [-0.15, -0.1) is 0 Å². The number of hydrogen-bond donors (Lipinski definition) is 1.